The molecular formula is C23H26N4O4. The highest BCUT2D eigenvalue weighted by molar-refractivity contribution is 5.96. The lowest BCUT2D eigenvalue weighted by atomic mass is 9.88. The number of hydrogen-bond acceptors (Lipinski definition) is 5. The second kappa shape index (κ2) is 8.77. The molecule has 162 valence electrons. The summed E-state index contributed by atoms with van der Waals surface area (Å²) in [5.74, 6) is 0.646. The number of nitro groups is 1. The van der Waals surface area contributed by atoms with E-state index in [1.165, 1.54) is 36.3 Å². The Morgan fingerprint density at radius 1 is 1.26 bits per heavy atom. The van der Waals surface area contributed by atoms with Crippen molar-refractivity contribution in [2.24, 2.45) is 0 Å². The first-order valence-corrected chi connectivity index (χ1v) is 10.4. The van der Waals surface area contributed by atoms with E-state index in [-0.39, 0.29) is 17.6 Å². The molecule has 1 atom stereocenters. The fourth-order valence-electron chi connectivity index (χ4n) is 4.34. The van der Waals surface area contributed by atoms with Gasteiger partial charge in [-0.25, -0.2) is 0 Å². The Bertz CT molecular complexity index is 1100. The zero-order chi connectivity index (χ0) is 22.0. The number of amides is 1. The largest absolute Gasteiger partial charge is 0.495 e. The second-order valence-electron chi connectivity index (χ2n) is 7.91. The van der Waals surface area contributed by atoms with Crippen LogP contribution in [-0.2, 0) is 4.79 Å². The SMILES string of the molecule is COc1ccc([N+](=O)[O-])cc1NC(=O)C(C)N1CCC(c2c[nH]c3ccccc23)CC1. The minimum atomic E-state index is -0.492. The molecule has 31 heavy (non-hydrogen) atoms. The summed E-state index contributed by atoms with van der Waals surface area (Å²) in [5.41, 5.74) is 2.71. The number of benzene rings is 2. The van der Waals surface area contributed by atoms with Crippen LogP contribution < -0.4 is 10.1 Å². The van der Waals surface area contributed by atoms with Crippen molar-refractivity contribution in [1.82, 2.24) is 9.88 Å². The average Bonchev–Trinajstić information content (AvgIpc) is 3.22. The molecule has 8 nitrogen and oxygen atoms in total. The van der Waals surface area contributed by atoms with Gasteiger partial charge in [0.2, 0.25) is 5.91 Å². The van der Waals surface area contributed by atoms with Crippen molar-refractivity contribution in [3.05, 3.63) is 64.3 Å². The number of aromatic nitrogens is 1. The summed E-state index contributed by atoms with van der Waals surface area (Å²) in [6, 6.07) is 12.1. The van der Waals surface area contributed by atoms with E-state index >= 15 is 0 Å². The van der Waals surface area contributed by atoms with Crippen LogP contribution in [0.25, 0.3) is 10.9 Å². The summed E-state index contributed by atoms with van der Waals surface area (Å²) >= 11 is 0. The van der Waals surface area contributed by atoms with Gasteiger partial charge in [0.1, 0.15) is 5.75 Å². The number of piperidine rings is 1. The molecule has 1 aromatic heterocycles. The molecule has 0 radical (unpaired) electrons. The summed E-state index contributed by atoms with van der Waals surface area (Å²) in [6.07, 6.45) is 4.05. The van der Waals surface area contributed by atoms with Gasteiger partial charge in [-0.3, -0.25) is 19.8 Å². The van der Waals surface area contributed by atoms with Crippen molar-refractivity contribution in [2.75, 3.05) is 25.5 Å². The molecule has 1 aliphatic rings. The number of carbonyl (C=O) groups excluding carboxylic acids is 1. The summed E-state index contributed by atoms with van der Waals surface area (Å²) in [4.78, 5) is 29.0. The molecule has 3 aromatic rings. The topological polar surface area (TPSA) is 100 Å². The van der Waals surface area contributed by atoms with Gasteiger partial charge in [0, 0.05) is 29.2 Å². The first-order valence-electron chi connectivity index (χ1n) is 10.4. The third-order valence-electron chi connectivity index (χ3n) is 6.17. The van der Waals surface area contributed by atoms with E-state index in [1.54, 1.807) is 0 Å². The molecule has 8 heteroatoms. The maximum Gasteiger partial charge on any atom is 0.271 e. The number of para-hydroxylation sites is 1. The molecule has 1 aliphatic heterocycles. The highest BCUT2D eigenvalue weighted by Crippen LogP contribution is 2.34. The summed E-state index contributed by atoms with van der Waals surface area (Å²) in [7, 11) is 1.47. The number of likely N-dealkylation sites (tertiary alicyclic amines) is 1. The highest BCUT2D eigenvalue weighted by atomic mass is 16.6. The Morgan fingerprint density at radius 2 is 2.00 bits per heavy atom. The number of fused-ring (bicyclic) bond motifs is 1. The van der Waals surface area contributed by atoms with Crippen LogP contribution in [0.5, 0.6) is 5.75 Å². The Kier molecular flexibility index (Phi) is 5.90. The average molecular weight is 422 g/mol. The van der Waals surface area contributed by atoms with Gasteiger partial charge in [0.25, 0.3) is 5.69 Å². The highest BCUT2D eigenvalue weighted by Gasteiger charge is 2.29. The third kappa shape index (κ3) is 4.25. The van der Waals surface area contributed by atoms with Crippen molar-refractivity contribution in [1.29, 1.82) is 0 Å². The number of non-ortho nitro benzene ring substituents is 1. The molecule has 1 amide bonds. The number of ether oxygens (including phenoxy) is 1. The van der Waals surface area contributed by atoms with Crippen LogP contribution in [0.15, 0.2) is 48.7 Å². The normalized spacial score (nSPS) is 16.2. The van der Waals surface area contributed by atoms with E-state index in [1.807, 2.05) is 13.0 Å². The Labute approximate surface area is 180 Å². The van der Waals surface area contributed by atoms with E-state index in [9.17, 15) is 14.9 Å². The molecule has 0 bridgehead atoms. The maximum absolute atomic E-state index is 12.9. The minimum absolute atomic E-state index is 0.0942. The first-order chi connectivity index (χ1) is 15.0. The number of anilines is 1. The molecule has 0 spiro atoms. The number of carbonyl (C=O) groups is 1. The number of nitrogens with one attached hydrogen (secondary N) is 2. The molecule has 1 saturated heterocycles. The van der Waals surface area contributed by atoms with Gasteiger partial charge in [-0.2, -0.15) is 0 Å². The second-order valence-corrected chi connectivity index (χ2v) is 7.91. The van der Waals surface area contributed by atoms with E-state index in [2.05, 4.69) is 39.6 Å². The predicted octanol–water partition coefficient (Wildman–Crippen LogP) is 4.29. The number of nitro benzene ring substituents is 1. The van der Waals surface area contributed by atoms with Gasteiger partial charge < -0.3 is 15.0 Å². The fraction of sp³-hybridized carbons (Fsp3) is 0.348. The van der Waals surface area contributed by atoms with Crippen LogP contribution in [-0.4, -0.2) is 47.0 Å². The maximum atomic E-state index is 12.9. The Morgan fingerprint density at radius 3 is 2.71 bits per heavy atom. The van der Waals surface area contributed by atoms with E-state index in [4.69, 9.17) is 4.74 Å². The van der Waals surface area contributed by atoms with Gasteiger partial charge >= 0.3 is 0 Å². The molecule has 2 heterocycles. The monoisotopic (exact) mass is 422 g/mol. The van der Waals surface area contributed by atoms with Gasteiger partial charge in [0.05, 0.1) is 23.8 Å². The quantitative estimate of drug-likeness (QED) is 0.456. The van der Waals surface area contributed by atoms with Crippen LogP contribution in [0.4, 0.5) is 11.4 Å². The van der Waals surface area contributed by atoms with Crippen molar-refractivity contribution in [3.63, 3.8) is 0 Å². The number of aromatic amines is 1. The number of methoxy groups -OCH3 is 1. The first kappa shape index (κ1) is 20.9. The number of hydrogen-bond donors (Lipinski definition) is 2. The number of rotatable bonds is 6. The molecule has 0 aliphatic carbocycles. The van der Waals surface area contributed by atoms with Crippen molar-refractivity contribution < 1.29 is 14.5 Å². The zero-order valence-corrected chi connectivity index (χ0v) is 17.6. The molecular weight excluding hydrogens is 396 g/mol. The third-order valence-corrected chi connectivity index (χ3v) is 6.17. The molecule has 2 N–H and O–H groups in total. The lowest BCUT2D eigenvalue weighted by Gasteiger charge is -2.35. The number of H-pyrrole nitrogens is 1. The van der Waals surface area contributed by atoms with Crippen LogP contribution in [0.3, 0.4) is 0 Å². The zero-order valence-electron chi connectivity index (χ0n) is 17.6. The molecule has 1 unspecified atom stereocenters. The van der Waals surface area contributed by atoms with Crippen LogP contribution in [0.1, 0.15) is 31.2 Å². The van der Waals surface area contributed by atoms with Crippen molar-refractivity contribution in [3.8, 4) is 5.75 Å². The predicted molar refractivity (Wildman–Crippen MR) is 120 cm³/mol. The lowest BCUT2D eigenvalue weighted by molar-refractivity contribution is -0.384. The summed E-state index contributed by atoms with van der Waals surface area (Å²) < 4.78 is 5.24. The van der Waals surface area contributed by atoms with Crippen LogP contribution in [0.2, 0.25) is 0 Å². The summed E-state index contributed by atoms with van der Waals surface area (Å²) in [5, 5.41) is 15.1. The van der Waals surface area contributed by atoms with Crippen molar-refractivity contribution in [2.45, 2.75) is 31.7 Å². The van der Waals surface area contributed by atoms with Gasteiger partial charge in [-0.05, 0) is 56.5 Å². The standard InChI is InChI=1S/C23H26N4O4/c1-15(23(28)25-21-13-17(27(29)30)7-8-22(21)31-2)26-11-9-16(10-12-26)19-14-24-20-6-4-3-5-18(19)20/h3-8,13-16,24H,9-12H2,1-2H3,(H,25,28). The van der Waals surface area contributed by atoms with Crippen molar-refractivity contribution >= 4 is 28.2 Å². The Balaban J connectivity index is 1.41. The van der Waals surface area contributed by atoms with E-state index in [0.29, 0.717) is 17.4 Å². The van der Waals surface area contributed by atoms with E-state index < -0.39 is 4.92 Å². The molecule has 4 rings (SSSR count). The molecule has 0 saturated carbocycles. The van der Waals surface area contributed by atoms with Crippen LogP contribution >= 0.6 is 0 Å². The molecule has 2 aromatic carbocycles. The van der Waals surface area contributed by atoms with Crippen LogP contribution in [0, 0.1) is 10.1 Å². The summed E-state index contributed by atoms with van der Waals surface area (Å²) in [6.45, 7) is 3.49. The molecule has 1 fully saturated rings. The lowest BCUT2D eigenvalue weighted by Crippen LogP contribution is -2.45. The van der Waals surface area contributed by atoms with Gasteiger partial charge in [-0.15, -0.1) is 0 Å². The van der Waals surface area contributed by atoms with Gasteiger partial charge in [0.15, 0.2) is 0 Å². The van der Waals surface area contributed by atoms with Gasteiger partial charge in [-0.1, -0.05) is 18.2 Å². The van der Waals surface area contributed by atoms with E-state index in [0.717, 1.165) is 31.4 Å². The smallest absolute Gasteiger partial charge is 0.271 e. The Hall–Kier alpha value is -3.39. The fourth-order valence-corrected chi connectivity index (χ4v) is 4.34. The number of nitrogens with zero attached hydrogens (tertiary/aromatic N) is 2. The minimum Gasteiger partial charge on any atom is -0.495 e.